The van der Waals surface area contributed by atoms with Crippen LogP contribution in [0.3, 0.4) is 0 Å². The molecule has 3 nitrogen and oxygen atoms in total. The molecule has 0 saturated carbocycles. The van der Waals surface area contributed by atoms with E-state index in [1.165, 1.54) is 0 Å². The summed E-state index contributed by atoms with van der Waals surface area (Å²) in [5.74, 6) is 3.64. The standard InChI is InChI=1S/C12H15N3.2ClH/c1-3-11-5-4-6-13-12(11)15-9-7-14(2)8-10-15;;/h1,4-6H,7-10H2,2H3;2*1H. The molecule has 1 saturated heterocycles. The SMILES string of the molecule is C#Cc1cccnc1N1CCN(C)CC1.Cl.Cl. The molecule has 0 unspecified atom stereocenters. The highest BCUT2D eigenvalue weighted by molar-refractivity contribution is 5.85. The average molecular weight is 274 g/mol. The summed E-state index contributed by atoms with van der Waals surface area (Å²) in [5, 5.41) is 0. The molecule has 0 radical (unpaired) electrons. The monoisotopic (exact) mass is 273 g/mol. The van der Waals surface area contributed by atoms with Crippen LogP contribution in [0, 0.1) is 12.3 Å². The minimum atomic E-state index is 0. The molecule has 0 atom stereocenters. The molecule has 0 aromatic carbocycles. The van der Waals surface area contributed by atoms with Crippen molar-refractivity contribution in [2.45, 2.75) is 0 Å². The van der Waals surface area contributed by atoms with Crippen LogP contribution in [0.25, 0.3) is 0 Å². The van der Waals surface area contributed by atoms with Crippen LogP contribution in [0.5, 0.6) is 0 Å². The largest absolute Gasteiger partial charge is 0.353 e. The van der Waals surface area contributed by atoms with Crippen LogP contribution in [0.4, 0.5) is 5.82 Å². The smallest absolute Gasteiger partial charge is 0.144 e. The molecule has 2 rings (SSSR count). The Kier molecular flexibility index (Phi) is 6.98. The van der Waals surface area contributed by atoms with Gasteiger partial charge >= 0.3 is 0 Å². The summed E-state index contributed by atoms with van der Waals surface area (Å²) >= 11 is 0. The molecule has 0 spiro atoms. The number of anilines is 1. The van der Waals surface area contributed by atoms with Crippen molar-refractivity contribution in [2.24, 2.45) is 0 Å². The predicted octanol–water partition coefficient (Wildman–Crippen LogP) is 1.66. The zero-order chi connectivity index (χ0) is 10.7. The summed E-state index contributed by atoms with van der Waals surface area (Å²) < 4.78 is 0. The number of aromatic nitrogens is 1. The summed E-state index contributed by atoms with van der Waals surface area (Å²) in [6.45, 7) is 4.14. The van der Waals surface area contributed by atoms with Gasteiger partial charge in [0.25, 0.3) is 0 Å². The lowest BCUT2D eigenvalue weighted by atomic mass is 10.2. The van der Waals surface area contributed by atoms with E-state index < -0.39 is 0 Å². The summed E-state index contributed by atoms with van der Waals surface area (Å²) in [4.78, 5) is 8.94. The Hall–Kier alpha value is -0.950. The number of halogens is 2. The second-order valence-electron chi connectivity index (χ2n) is 3.81. The number of nitrogens with zero attached hydrogens (tertiary/aromatic N) is 3. The fraction of sp³-hybridized carbons (Fsp3) is 0.417. The molecule has 1 fully saturated rings. The lowest BCUT2D eigenvalue weighted by Crippen LogP contribution is -2.45. The van der Waals surface area contributed by atoms with E-state index in [-0.39, 0.29) is 24.8 Å². The second-order valence-corrected chi connectivity index (χ2v) is 3.81. The zero-order valence-electron chi connectivity index (χ0n) is 9.80. The van der Waals surface area contributed by atoms with Crippen LogP contribution in [0.2, 0.25) is 0 Å². The van der Waals surface area contributed by atoms with Gasteiger partial charge in [-0.3, -0.25) is 0 Å². The molecule has 0 bridgehead atoms. The molecule has 17 heavy (non-hydrogen) atoms. The lowest BCUT2D eigenvalue weighted by molar-refractivity contribution is 0.312. The van der Waals surface area contributed by atoms with Gasteiger partial charge in [0, 0.05) is 32.4 Å². The summed E-state index contributed by atoms with van der Waals surface area (Å²) in [5.41, 5.74) is 0.891. The molecule has 1 aromatic heterocycles. The van der Waals surface area contributed by atoms with E-state index in [0.717, 1.165) is 37.6 Å². The molecule has 1 aliphatic rings. The Morgan fingerprint density at radius 1 is 1.24 bits per heavy atom. The highest BCUT2D eigenvalue weighted by Gasteiger charge is 2.16. The van der Waals surface area contributed by atoms with Crippen LogP contribution in [-0.2, 0) is 0 Å². The van der Waals surface area contributed by atoms with E-state index in [0.29, 0.717) is 0 Å². The summed E-state index contributed by atoms with van der Waals surface area (Å²) in [6.07, 6.45) is 7.26. The van der Waals surface area contributed by atoms with E-state index in [1.807, 2.05) is 12.1 Å². The molecule has 0 amide bonds. The van der Waals surface area contributed by atoms with Crippen molar-refractivity contribution in [1.29, 1.82) is 0 Å². The Morgan fingerprint density at radius 3 is 2.47 bits per heavy atom. The van der Waals surface area contributed by atoms with E-state index in [2.05, 4.69) is 27.8 Å². The number of hydrogen-bond donors (Lipinski definition) is 0. The lowest BCUT2D eigenvalue weighted by Gasteiger charge is -2.33. The van der Waals surface area contributed by atoms with E-state index >= 15 is 0 Å². The third kappa shape index (κ3) is 3.78. The third-order valence-corrected chi connectivity index (χ3v) is 2.74. The average Bonchev–Trinajstić information content (AvgIpc) is 2.30. The van der Waals surface area contributed by atoms with Crippen molar-refractivity contribution in [3.05, 3.63) is 23.9 Å². The summed E-state index contributed by atoms with van der Waals surface area (Å²) in [7, 11) is 2.14. The maximum atomic E-state index is 5.46. The fourth-order valence-electron chi connectivity index (χ4n) is 1.78. The third-order valence-electron chi connectivity index (χ3n) is 2.74. The fourth-order valence-corrected chi connectivity index (χ4v) is 1.78. The number of terminal acetylenes is 1. The number of pyridine rings is 1. The van der Waals surface area contributed by atoms with Crippen molar-refractivity contribution >= 4 is 30.6 Å². The van der Waals surface area contributed by atoms with Crippen molar-refractivity contribution in [1.82, 2.24) is 9.88 Å². The molecule has 0 N–H and O–H groups in total. The quantitative estimate of drug-likeness (QED) is 0.726. The minimum absolute atomic E-state index is 0. The van der Waals surface area contributed by atoms with Crippen molar-refractivity contribution in [2.75, 3.05) is 38.1 Å². The van der Waals surface area contributed by atoms with Gasteiger partial charge in [0.05, 0.1) is 5.56 Å². The van der Waals surface area contributed by atoms with Crippen LogP contribution in [0.15, 0.2) is 18.3 Å². The molecule has 0 aliphatic carbocycles. The molecule has 1 aromatic rings. The van der Waals surface area contributed by atoms with E-state index in [9.17, 15) is 0 Å². The normalized spacial score (nSPS) is 15.4. The van der Waals surface area contributed by atoms with Crippen molar-refractivity contribution in [3.63, 3.8) is 0 Å². The predicted molar refractivity (Wildman–Crippen MR) is 76.4 cm³/mol. The molecular weight excluding hydrogens is 257 g/mol. The number of piperazine rings is 1. The van der Waals surface area contributed by atoms with Crippen LogP contribution in [-0.4, -0.2) is 43.1 Å². The molecule has 2 heterocycles. The van der Waals surface area contributed by atoms with Gasteiger partial charge in [0.2, 0.25) is 0 Å². The molecular formula is C12H17Cl2N3. The number of hydrogen-bond acceptors (Lipinski definition) is 3. The molecule has 1 aliphatic heterocycles. The first kappa shape index (κ1) is 16.1. The number of likely N-dealkylation sites (N-methyl/N-ethyl adjacent to an activating group) is 1. The van der Waals surface area contributed by atoms with Crippen molar-refractivity contribution < 1.29 is 0 Å². The highest BCUT2D eigenvalue weighted by atomic mass is 35.5. The first-order valence-electron chi connectivity index (χ1n) is 5.16. The van der Waals surface area contributed by atoms with E-state index in [1.54, 1.807) is 6.20 Å². The second kappa shape index (κ2) is 7.39. The Morgan fingerprint density at radius 2 is 1.88 bits per heavy atom. The van der Waals surface area contributed by atoms with Crippen LogP contribution in [0.1, 0.15) is 5.56 Å². The van der Waals surface area contributed by atoms with Gasteiger partial charge in [0.15, 0.2) is 0 Å². The maximum absolute atomic E-state index is 5.46. The van der Waals surface area contributed by atoms with Gasteiger partial charge in [0.1, 0.15) is 5.82 Å². The van der Waals surface area contributed by atoms with Crippen LogP contribution < -0.4 is 4.90 Å². The minimum Gasteiger partial charge on any atom is -0.353 e. The van der Waals surface area contributed by atoms with Gasteiger partial charge in [-0.05, 0) is 19.2 Å². The topological polar surface area (TPSA) is 19.4 Å². The van der Waals surface area contributed by atoms with Gasteiger partial charge < -0.3 is 9.80 Å². The first-order chi connectivity index (χ1) is 7.31. The molecule has 5 heteroatoms. The van der Waals surface area contributed by atoms with Gasteiger partial charge in [-0.15, -0.1) is 31.2 Å². The summed E-state index contributed by atoms with van der Waals surface area (Å²) in [6, 6.07) is 3.83. The van der Waals surface area contributed by atoms with Gasteiger partial charge in [-0.2, -0.15) is 0 Å². The van der Waals surface area contributed by atoms with E-state index in [4.69, 9.17) is 6.42 Å². The van der Waals surface area contributed by atoms with Gasteiger partial charge in [-0.25, -0.2) is 4.98 Å². The molecule has 94 valence electrons. The highest BCUT2D eigenvalue weighted by Crippen LogP contribution is 2.17. The van der Waals surface area contributed by atoms with Gasteiger partial charge in [-0.1, -0.05) is 5.92 Å². The van der Waals surface area contributed by atoms with Crippen LogP contribution >= 0.6 is 24.8 Å². The maximum Gasteiger partial charge on any atom is 0.144 e. The zero-order valence-corrected chi connectivity index (χ0v) is 11.4. The first-order valence-corrected chi connectivity index (χ1v) is 5.16. The van der Waals surface area contributed by atoms with Crippen molar-refractivity contribution in [3.8, 4) is 12.3 Å². The Balaban J connectivity index is 0.00000128. The number of rotatable bonds is 1. The Labute approximate surface area is 115 Å². The Bertz CT molecular complexity index is 382.